The van der Waals surface area contributed by atoms with Gasteiger partial charge in [0.25, 0.3) is 5.69 Å². The molecule has 7 nitrogen and oxygen atoms in total. The predicted molar refractivity (Wildman–Crippen MR) is 104 cm³/mol. The van der Waals surface area contributed by atoms with Crippen molar-refractivity contribution in [2.24, 2.45) is 0 Å². The van der Waals surface area contributed by atoms with Crippen molar-refractivity contribution >= 4 is 15.7 Å². The highest BCUT2D eigenvalue weighted by molar-refractivity contribution is 7.88. The quantitative estimate of drug-likeness (QED) is 0.560. The van der Waals surface area contributed by atoms with E-state index in [0.717, 1.165) is 6.54 Å². The highest BCUT2D eigenvalue weighted by atomic mass is 32.2. The summed E-state index contributed by atoms with van der Waals surface area (Å²) < 4.78 is 26.8. The first-order valence-corrected chi connectivity index (χ1v) is 10.4. The monoisotopic (exact) mass is 389 g/mol. The largest absolute Gasteiger partial charge is 0.296 e. The van der Waals surface area contributed by atoms with Crippen LogP contribution in [0.15, 0.2) is 48.5 Å². The summed E-state index contributed by atoms with van der Waals surface area (Å²) in [5, 5.41) is 10.7. The van der Waals surface area contributed by atoms with Gasteiger partial charge in [-0.2, -0.15) is 4.31 Å². The van der Waals surface area contributed by atoms with Crippen molar-refractivity contribution in [3.05, 3.63) is 75.3 Å². The van der Waals surface area contributed by atoms with E-state index in [0.29, 0.717) is 31.7 Å². The molecule has 2 aromatic rings. The Morgan fingerprint density at radius 1 is 1.00 bits per heavy atom. The van der Waals surface area contributed by atoms with Crippen molar-refractivity contribution in [1.29, 1.82) is 0 Å². The summed E-state index contributed by atoms with van der Waals surface area (Å²) in [4.78, 5) is 12.5. The highest BCUT2D eigenvalue weighted by Crippen LogP contribution is 2.18. The van der Waals surface area contributed by atoms with Gasteiger partial charge in [-0.15, -0.1) is 0 Å². The third-order valence-electron chi connectivity index (χ3n) is 4.88. The first kappa shape index (κ1) is 19.5. The van der Waals surface area contributed by atoms with Gasteiger partial charge in [0.05, 0.1) is 10.7 Å². The Hall–Kier alpha value is -2.29. The number of hydrogen-bond donors (Lipinski definition) is 0. The van der Waals surface area contributed by atoms with E-state index < -0.39 is 14.9 Å². The third kappa shape index (κ3) is 4.91. The summed E-state index contributed by atoms with van der Waals surface area (Å²) in [6, 6.07) is 13.9. The first-order chi connectivity index (χ1) is 12.8. The average molecular weight is 389 g/mol. The molecule has 1 aliphatic rings. The number of piperazine rings is 1. The van der Waals surface area contributed by atoms with Gasteiger partial charge < -0.3 is 0 Å². The van der Waals surface area contributed by atoms with Gasteiger partial charge in [0.15, 0.2) is 0 Å². The van der Waals surface area contributed by atoms with Gasteiger partial charge in [0, 0.05) is 44.9 Å². The molecule has 144 valence electrons. The summed E-state index contributed by atoms with van der Waals surface area (Å²) in [7, 11) is -3.44. The Bertz CT molecular complexity index is 905. The molecule has 1 aliphatic heterocycles. The summed E-state index contributed by atoms with van der Waals surface area (Å²) in [5.74, 6) is -0.136. The Kier molecular flexibility index (Phi) is 5.88. The van der Waals surface area contributed by atoms with Gasteiger partial charge in [-0.3, -0.25) is 15.0 Å². The Balaban J connectivity index is 1.57. The number of aryl methyl sites for hydroxylation is 1. The second-order valence-corrected chi connectivity index (χ2v) is 8.75. The van der Waals surface area contributed by atoms with Crippen LogP contribution in [-0.4, -0.2) is 48.7 Å². The van der Waals surface area contributed by atoms with Gasteiger partial charge in [-0.25, -0.2) is 8.42 Å². The molecule has 8 heteroatoms. The van der Waals surface area contributed by atoms with Crippen LogP contribution in [0.3, 0.4) is 0 Å². The maximum absolute atomic E-state index is 12.7. The lowest BCUT2D eigenvalue weighted by atomic mass is 10.1. The van der Waals surface area contributed by atoms with Crippen LogP contribution >= 0.6 is 0 Å². The molecule has 0 bridgehead atoms. The topological polar surface area (TPSA) is 83.8 Å². The first-order valence-electron chi connectivity index (χ1n) is 8.83. The van der Waals surface area contributed by atoms with Crippen LogP contribution in [0.2, 0.25) is 0 Å². The molecular weight excluding hydrogens is 366 g/mol. The number of nitrogens with zero attached hydrogens (tertiary/aromatic N) is 3. The zero-order valence-electron chi connectivity index (χ0n) is 15.2. The van der Waals surface area contributed by atoms with E-state index in [-0.39, 0.29) is 11.4 Å². The van der Waals surface area contributed by atoms with Crippen LogP contribution in [0, 0.1) is 17.0 Å². The van der Waals surface area contributed by atoms with E-state index >= 15 is 0 Å². The standard InChI is InChI=1S/C19H23N3O4S/c1-16-4-2-3-5-18(16)14-20-10-12-21(13-11-20)27(25,26)15-17-6-8-19(9-7-17)22(23)24/h2-9H,10-15H2,1H3. The van der Waals surface area contributed by atoms with Gasteiger partial charge in [-0.05, 0) is 23.6 Å². The summed E-state index contributed by atoms with van der Waals surface area (Å²) in [6.45, 7) is 5.20. The van der Waals surface area contributed by atoms with E-state index in [1.165, 1.54) is 39.7 Å². The van der Waals surface area contributed by atoms with E-state index in [2.05, 4.69) is 24.0 Å². The lowest BCUT2D eigenvalue weighted by Gasteiger charge is -2.34. The van der Waals surface area contributed by atoms with E-state index in [4.69, 9.17) is 0 Å². The minimum Gasteiger partial charge on any atom is -0.296 e. The maximum atomic E-state index is 12.7. The number of non-ortho nitro benzene ring substituents is 1. The van der Waals surface area contributed by atoms with Crippen LogP contribution in [0.1, 0.15) is 16.7 Å². The Morgan fingerprint density at radius 2 is 1.63 bits per heavy atom. The average Bonchev–Trinajstić information content (AvgIpc) is 2.64. The lowest BCUT2D eigenvalue weighted by molar-refractivity contribution is -0.384. The molecule has 0 N–H and O–H groups in total. The minimum atomic E-state index is -3.44. The molecule has 0 amide bonds. The molecule has 0 aliphatic carbocycles. The maximum Gasteiger partial charge on any atom is 0.269 e. The molecule has 0 unspecified atom stereocenters. The fourth-order valence-corrected chi connectivity index (χ4v) is 4.73. The van der Waals surface area contributed by atoms with Crippen molar-refractivity contribution in [2.75, 3.05) is 26.2 Å². The van der Waals surface area contributed by atoms with E-state index in [9.17, 15) is 18.5 Å². The predicted octanol–water partition coefficient (Wildman–Crippen LogP) is 2.55. The zero-order chi connectivity index (χ0) is 19.4. The zero-order valence-corrected chi connectivity index (χ0v) is 16.1. The Morgan fingerprint density at radius 3 is 2.22 bits per heavy atom. The number of sulfonamides is 1. The molecule has 1 saturated heterocycles. The van der Waals surface area contributed by atoms with E-state index in [1.807, 2.05) is 12.1 Å². The molecule has 27 heavy (non-hydrogen) atoms. The molecule has 1 fully saturated rings. The highest BCUT2D eigenvalue weighted by Gasteiger charge is 2.27. The number of rotatable bonds is 6. The molecule has 0 saturated carbocycles. The lowest BCUT2D eigenvalue weighted by Crippen LogP contribution is -2.48. The van der Waals surface area contributed by atoms with Crippen LogP contribution in [0.25, 0.3) is 0 Å². The van der Waals surface area contributed by atoms with Crippen LogP contribution in [0.4, 0.5) is 5.69 Å². The third-order valence-corrected chi connectivity index (χ3v) is 6.73. The van der Waals surface area contributed by atoms with Gasteiger partial charge in [0.2, 0.25) is 10.0 Å². The number of nitro benzene ring substituents is 1. The SMILES string of the molecule is Cc1ccccc1CN1CCN(S(=O)(=O)Cc2ccc([N+](=O)[O-])cc2)CC1. The van der Waals surface area contributed by atoms with Gasteiger partial charge in [-0.1, -0.05) is 36.4 Å². The number of nitro groups is 1. The van der Waals surface area contributed by atoms with Gasteiger partial charge >= 0.3 is 0 Å². The molecule has 1 heterocycles. The molecule has 0 atom stereocenters. The van der Waals surface area contributed by atoms with E-state index in [1.54, 1.807) is 0 Å². The molecular formula is C19H23N3O4S. The van der Waals surface area contributed by atoms with Gasteiger partial charge in [0.1, 0.15) is 0 Å². The van der Waals surface area contributed by atoms with Crippen molar-refractivity contribution in [3.63, 3.8) is 0 Å². The second-order valence-electron chi connectivity index (χ2n) is 6.78. The Labute approximate surface area is 159 Å². The summed E-state index contributed by atoms with van der Waals surface area (Å²) in [5.41, 5.74) is 3.02. The number of hydrogen-bond acceptors (Lipinski definition) is 5. The molecule has 3 rings (SSSR count). The van der Waals surface area contributed by atoms with Crippen LogP contribution < -0.4 is 0 Å². The summed E-state index contributed by atoms with van der Waals surface area (Å²) >= 11 is 0. The van der Waals surface area contributed by atoms with Crippen molar-refractivity contribution in [3.8, 4) is 0 Å². The van der Waals surface area contributed by atoms with Crippen LogP contribution in [-0.2, 0) is 22.3 Å². The summed E-state index contributed by atoms with van der Waals surface area (Å²) in [6.07, 6.45) is 0. The fraction of sp³-hybridized carbons (Fsp3) is 0.368. The minimum absolute atomic E-state index is 0.0408. The van der Waals surface area contributed by atoms with Crippen molar-refractivity contribution in [2.45, 2.75) is 19.2 Å². The molecule has 0 radical (unpaired) electrons. The van der Waals surface area contributed by atoms with Crippen molar-refractivity contribution in [1.82, 2.24) is 9.21 Å². The fourth-order valence-electron chi connectivity index (χ4n) is 3.21. The normalized spacial score (nSPS) is 16.3. The number of benzene rings is 2. The molecule has 0 aromatic heterocycles. The molecule has 0 spiro atoms. The smallest absolute Gasteiger partial charge is 0.269 e. The second kappa shape index (κ2) is 8.16. The van der Waals surface area contributed by atoms with Crippen molar-refractivity contribution < 1.29 is 13.3 Å². The molecule has 2 aromatic carbocycles. The van der Waals surface area contributed by atoms with Crippen LogP contribution in [0.5, 0.6) is 0 Å².